The molecule has 0 saturated heterocycles. The van der Waals surface area contributed by atoms with Gasteiger partial charge in [-0.1, -0.05) is 6.92 Å². The topological polar surface area (TPSA) is 58.6 Å². The third-order valence-electron chi connectivity index (χ3n) is 2.98. The van der Waals surface area contributed by atoms with Crippen LogP contribution >= 0.6 is 0 Å². The molecule has 0 spiro atoms. The fraction of sp³-hybridized carbons (Fsp3) is 0.900. The van der Waals surface area contributed by atoms with Gasteiger partial charge in [0.15, 0.2) is 0 Å². The van der Waals surface area contributed by atoms with Gasteiger partial charge in [0.25, 0.3) is 0 Å². The lowest BCUT2D eigenvalue weighted by atomic mass is 9.78. The predicted octanol–water partition coefficient (Wildman–Crippen LogP) is 1.56. The maximum absolute atomic E-state index is 10.7. The molecule has 1 saturated carbocycles. The Bertz CT molecular complexity index is 198. The summed E-state index contributed by atoms with van der Waals surface area (Å²) >= 11 is 0. The van der Waals surface area contributed by atoms with E-state index in [0.29, 0.717) is 5.92 Å². The molecule has 0 aliphatic heterocycles. The molecule has 2 N–H and O–H groups in total. The number of hydroxylamine groups is 1. The molecule has 0 aromatic heterocycles. The molecular formula is C10H19NO3. The van der Waals surface area contributed by atoms with Gasteiger partial charge in [-0.05, 0) is 31.6 Å². The van der Waals surface area contributed by atoms with Gasteiger partial charge in [-0.15, -0.1) is 0 Å². The molecule has 0 unspecified atom stereocenters. The van der Waals surface area contributed by atoms with Gasteiger partial charge in [0, 0.05) is 7.05 Å². The molecule has 0 aromatic rings. The van der Waals surface area contributed by atoms with Gasteiger partial charge < -0.3 is 5.11 Å². The zero-order valence-electron chi connectivity index (χ0n) is 8.88. The van der Waals surface area contributed by atoms with Crippen LogP contribution in [0.4, 0.5) is 0 Å². The second-order valence-electron chi connectivity index (χ2n) is 4.24. The Morgan fingerprint density at radius 2 is 2.14 bits per heavy atom. The van der Waals surface area contributed by atoms with E-state index in [0.717, 1.165) is 25.7 Å². The molecule has 0 radical (unpaired) electrons. The Balaban J connectivity index is 2.57. The van der Waals surface area contributed by atoms with Crippen molar-refractivity contribution in [2.45, 2.75) is 44.6 Å². The van der Waals surface area contributed by atoms with Crippen molar-refractivity contribution in [2.24, 2.45) is 5.92 Å². The average molecular weight is 201 g/mol. The van der Waals surface area contributed by atoms with Gasteiger partial charge in [-0.3, -0.25) is 9.63 Å². The summed E-state index contributed by atoms with van der Waals surface area (Å²) in [6, 6.07) is 0. The number of rotatable bonds is 4. The van der Waals surface area contributed by atoms with E-state index in [9.17, 15) is 4.79 Å². The summed E-state index contributed by atoms with van der Waals surface area (Å²) < 4.78 is 0. The molecule has 0 bridgehead atoms. The third kappa shape index (κ3) is 2.96. The number of carboxylic acid groups (broad SMARTS) is 1. The monoisotopic (exact) mass is 201 g/mol. The number of carboxylic acids is 1. The second-order valence-corrected chi connectivity index (χ2v) is 4.24. The summed E-state index contributed by atoms with van der Waals surface area (Å²) in [5.41, 5.74) is 2.16. The smallest absolute Gasteiger partial charge is 0.306 e. The Kier molecular flexibility index (Phi) is 3.89. The van der Waals surface area contributed by atoms with E-state index in [4.69, 9.17) is 9.94 Å². The molecule has 0 atom stereocenters. The molecule has 0 amide bonds. The van der Waals surface area contributed by atoms with Crippen molar-refractivity contribution < 1.29 is 14.7 Å². The number of carbonyl (C=O) groups is 1. The quantitative estimate of drug-likeness (QED) is 0.678. The first-order valence-electron chi connectivity index (χ1n) is 5.14. The van der Waals surface area contributed by atoms with E-state index in [1.807, 2.05) is 0 Å². The van der Waals surface area contributed by atoms with Crippen molar-refractivity contribution in [3.8, 4) is 0 Å². The van der Waals surface area contributed by atoms with Crippen LogP contribution in [-0.2, 0) is 9.63 Å². The number of aliphatic carboxylic acids is 1. The lowest BCUT2D eigenvalue weighted by Crippen LogP contribution is -2.42. The molecule has 1 fully saturated rings. The van der Waals surface area contributed by atoms with Crippen molar-refractivity contribution >= 4 is 5.97 Å². The molecule has 1 aliphatic rings. The number of hydrogen-bond acceptors (Lipinski definition) is 3. The van der Waals surface area contributed by atoms with Crippen LogP contribution in [-0.4, -0.2) is 23.7 Å². The Labute approximate surface area is 84.6 Å². The lowest BCUT2D eigenvalue weighted by molar-refractivity contribution is -0.159. The maximum Gasteiger partial charge on any atom is 0.306 e. The van der Waals surface area contributed by atoms with E-state index >= 15 is 0 Å². The first-order valence-corrected chi connectivity index (χ1v) is 5.14. The highest BCUT2D eigenvalue weighted by atomic mass is 16.7. The summed E-state index contributed by atoms with van der Waals surface area (Å²) in [5.74, 6) is -0.0906. The van der Waals surface area contributed by atoms with Gasteiger partial charge in [-0.25, -0.2) is 5.48 Å². The van der Waals surface area contributed by atoms with Crippen LogP contribution in [0, 0.1) is 5.92 Å². The van der Waals surface area contributed by atoms with Crippen molar-refractivity contribution in [3.63, 3.8) is 0 Å². The summed E-state index contributed by atoms with van der Waals surface area (Å²) in [7, 11) is 1.68. The molecule has 4 nitrogen and oxygen atoms in total. The molecule has 1 aliphatic carbocycles. The zero-order chi connectivity index (χ0) is 10.6. The highest BCUT2D eigenvalue weighted by Crippen LogP contribution is 2.36. The van der Waals surface area contributed by atoms with E-state index in [1.54, 1.807) is 7.05 Å². The fourth-order valence-corrected chi connectivity index (χ4v) is 2.10. The van der Waals surface area contributed by atoms with Crippen molar-refractivity contribution in [3.05, 3.63) is 0 Å². The van der Waals surface area contributed by atoms with Gasteiger partial charge in [0.05, 0.1) is 6.42 Å². The van der Waals surface area contributed by atoms with Crippen molar-refractivity contribution in [1.82, 2.24) is 5.48 Å². The third-order valence-corrected chi connectivity index (χ3v) is 2.98. The minimum atomic E-state index is -0.783. The normalized spacial score (nSPS) is 32.9. The SMILES string of the molecule is CNOC1(CC(=O)O)CCC(C)CC1. The van der Waals surface area contributed by atoms with Crippen LogP contribution in [0.3, 0.4) is 0 Å². The summed E-state index contributed by atoms with van der Waals surface area (Å²) in [4.78, 5) is 16.1. The van der Waals surface area contributed by atoms with Crippen LogP contribution in [0.5, 0.6) is 0 Å². The van der Waals surface area contributed by atoms with Crippen molar-refractivity contribution in [1.29, 1.82) is 0 Å². The zero-order valence-corrected chi connectivity index (χ0v) is 8.88. The molecular weight excluding hydrogens is 182 g/mol. The van der Waals surface area contributed by atoms with E-state index in [-0.39, 0.29) is 6.42 Å². The molecule has 1 rings (SSSR count). The van der Waals surface area contributed by atoms with Crippen molar-refractivity contribution in [2.75, 3.05) is 7.05 Å². The van der Waals surface area contributed by atoms with Gasteiger partial charge in [0.2, 0.25) is 0 Å². The van der Waals surface area contributed by atoms with Gasteiger partial charge in [0.1, 0.15) is 5.60 Å². The maximum atomic E-state index is 10.7. The summed E-state index contributed by atoms with van der Waals surface area (Å²) in [6.45, 7) is 2.20. The molecule has 0 aromatic carbocycles. The van der Waals surface area contributed by atoms with Crippen LogP contribution in [0.15, 0.2) is 0 Å². The van der Waals surface area contributed by atoms with E-state index in [2.05, 4.69) is 12.4 Å². The van der Waals surface area contributed by atoms with Gasteiger partial charge in [-0.2, -0.15) is 0 Å². The van der Waals surface area contributed by atoms with E-state index in [1.165, 1.54) is 0 Å². The Hall–Kier alpha value is -0.610. The first kappa shape index (κ1) is 11.5. The van der Waals surface area contributed by atoms with Gasteiger partial charge >= 0.3 is 5.97 Å². The fourth-order valence-electron chi connectivity index (χ4n) is 2.10. The van der Waals surface area contributed by atoms with Crippen LogP contribution in [0.25, 0.3) is 0 Å². The number of hydrogen-bond donors (Lipinski definition) is 2. The minimum Gasteiger partial charge on any atom is -0.481 e. The summed E-state index contributed by atoms with van der Waals surface area (Å²) in [6.07, 6.45) is 3.87. The molecule has 82 valence electrons. The van der Waals surface area contributed by atoms with Crippen LogP contribution < -0.4 is 5.48 Å². The second kappa shape index (κ2) is 4.75. The lowest BCUT2D eigenvalue weighted by Gasteiger charge is -2.37. The largest absolute Gasteiger partial charge is 0.481 e. The number of nitrogens with one attached hydrogen (secondary N) is 1. The standard InChI is InChI=1S/C10H19NO3/c1-8-3-5-10(6-4-8,14-11-2)7-9(12)13/h8,11H,3-7H2,1-2H3,(H,12,13). The predicted molar refractivity (Wildman–Crippen MR) is 52.8 cm³/mol. The summed E-state index contributed by atoms with van der Waals surface area (Å²) in [5, 5.41) is 8.82. The Morgan fingerprint density at radius 3 is 2.57 bits per heavy atom. The Morgan fingerprint density at radius 1 is 1.57 bits per heavy atom. The highest BCUT2D eigenvalue weighted by molar-refractivity contribution is 5.68. The molecule has 4 heteroatoms. The minimum absolute atomic E-state index is 0.0978. The first-order chi connectivity index (χ1) is 6.58. The molecule has 14 heavy (non-hydrogen) atoms. The molecule has 0 heterocycles. The van der Waals surface area contributed by atoms with E-state index < -0.39 is 11.6 Å². The average Bonchev–Trinajstić information content (AvgIpc) is 2.10. The van der Waals surface area contributed by atoms with Crippen LogP contribution in [0.1, 0.15) is 39.0 Å². The highest BCUT2D eigenvalue weighted by Gasteiger charge is 2.37. The van der Waals surface area contributed by atoms with Crippen LogP contribution in [0.2, 0.25) is 0 Å².